The van der Waals surface area contributed by atoms with Crippen LogP contribution in [0.25, 0.3) is 0 Å². The molecule has 1 atom stereocenters. The zero-order valence-electron chi connectivity index (χ0n) is 12.7. The normalized spacial score (nSPS) is 13.3. The van der Waals surface area contributed by atoms with E-state index in [0.717, 1.165) is 22.0 Å². The molecule has 0 saturated carbocycles. The fourth-order valence-corrected chi connectivity index (χ4v) is 3.33. The lowest BCUT2D eigenvalue weighted by Gasteiger charge is -2.21. The minimum atomic E-state index is -3.86. The Morgan fingerprint density at radius 2 is 1.61 bits per heavy atom. The van der Waals surface area contributed by atoms with Crippen LogP contribution >= 0.6 is 0 Å². The first kappa shape index (κ1) is 17.5. The van der Waals surface area contributed by atoms with Gasteiger partial charge in [-0.3, -0.25) is 0 Å². The highest BCUT2D eigenvalue weighted by Crippen LogP contribution is 2.23. The minimum absolute atomic E-state index is 0.0480. The summed E-state index contributed by atoms with van der Waals surface area (Å²) in [5, 5.41) is 10.0. The van der Waals surface area contributed by atoms with Crippen LogP contribution in [0.4, 0.5) is 8.78 Å². The van der Waals surface area contributed by atoms with Gasteiger partial charge in [-0.1, -0.05) is 23.8 Å². The maximum atomic E-state index is 13.6. The van der Waals surface area contributed by atoms with Gasteiger partial charge in [0.05, 0.1) is 16.6 Å². The molecule has 1 unspecified atom stereocenters. The second-order valence-electron chi connectivity index (χ2n) is 5.25. The Bertz CT molecular complexity index is 771. The second-order valence-corrected chi connectivity index (χ2v) is 7.29. The Balaban J connectivity index is 2.24. The lowest BCUT2D eigenvalue weighted by molar-refractivity contribution is 0.146. The van der Waals surface area contributed by atoms with E-state index in [2.05, 4.69) is 0 Å². The van der Waals surface area contributed by atoms with Crippen LogP contribution in [0, 0.1) is 18.6 Å². The summed E-state index contributed by atoms with van der Waals surface area (Å²) in [5.74, 6) is -1.84. The van der Waals surface area contributed by atoms with Gasteiger partial charge in [0, 0.05) is 13.6 Å². The molecule has 0 amide bonds. The van der Waals surface area contributed by atoms with E-state index in [1.54, 1.807) is 12.1 Å². The first-order valence-corrected chi connectivity index (χ1v) is 8.32. The maximum Gasteiger partial charge on any atom is 0.242 e. The van der Waals surface area contributed by atoms with Gasteiger partial charge in [-0.05, 0) is 31.2 Å². The third kappa shape index (κ3) is 3.74. The SMILES string of the molecule is Cc1ccc(S(=O)(=O)N(C)CC(O)c2c(F)cccc2F)cc1. The number of hydrogen-bond donors (Lipinski definition) is 1. The Kier molecular flexibility index (Phi) is 5.13. The van der Waals surface area contributed by atoms with Crippen LogP contribution in [0.3, 0.4) is 0 Å². The van der Waals surface area contributed by atoms with Crippen molar-refractivity contribution >= 4 is 10.0 Å². The van der Waals surface area contributed by atoms with Crippen LogP contribution in [-0.4, -0.2) is 31.4 Å². The van der Waals surface area contributed by atoms with Crippen LogP contribution in [0.5, 0.6) is 0 Å². The molecule has 2 rings (SSSR count). The van der Waals surface area contributed by atoms with Crippen LogP contribution in [-0.2, 0) is 10.0 Å². The van der Waals surface area contributed by atoms with Crippen molar-refractivity contribution in [3.63, 3.8) is 0 Å². The molecule has 23 heavy (non-hydrogen) atoms. The molecule has 0 aliphatic carbocycles. The average molecular weight is 341 g/mol. The first-order chi connectivity index (χ1) is 10.7. The van der Waals surface area contributed by atoms with Crippen LogP contribution < -0.4 is 0 Å². The summed E-state index contributed by atoms with van der Waals surface area (Å²) in [6.45, 7) is 1.36. The maximum absolute atomic E-state index is 13.6. The summed E-state index contributed by atoms with van der Waals surface area (Å²) in [7, 11) is -2.61. The molecule has 0 heterocycles. The third-order valence-corrected chi connectivity index (χ3v) is 5.33. The molecule has 2 aromatic carbocycles. The summed E-state index contributed by atoms with van der Waals surface area (Å²) in [5.41, 5.74) is 0.360. The topological polar surface area (TPSA) is 57.6 Å². The number of benzene rings is 2. The monoisotopic (exact) mass is 341 g/mol. The van der Waals surface area contributed by atoms with Gasteiger partial charge in [-0.2, -0.15) is 4.31 Å². The first-order valence-electron chi connectivity index (χ1n) is 6.88. The van der Waals surface area contributed by atoms with Gasteiger partial charge >= 0.3 is 0 Å². The summed E-state index contributed by atoms with van der Waals surface area (Å²) >= 11 is 0. The molecular formula is C16H17F2NO3S. The number of nitrogens with zero attached hydrogens (tertiary/aromatic N) is 1. The van der Waals surface area contributed by atoms with E-state index in [4.69, 9.17) is 0 Å². The van der Waals surface area contributed by atoms with E-state index in [-0.39, 0.29) is 4.90 Å². The van der Waals surface area contributed by atoms with Gasteiger partial charge in [0.1, 0.15) is 11.6 Å². The molecule has 0 aliphatic rings. The number of halogens is 2. The second kappa shape index (κ2) is 6.74. The molecule has 0 aromatic heterocycles. The van der Waals surface area contributed by atoms with Gasteiger partial charge in [0.15, 0.2) is 0 Å². The Hall–Kier alpha value is -1.83. The van der Waals surface area contributed by atoms with Crippen molar-refractivity contribution in [3.8, 4) is 0 Å². The molecule has 1 N–H and O–H groups in total. The predicted octanol–water partition coefficient (Wildman–Crippen LogP) is 2.63. The number of aryl methyl sites for hydroxylation is 1. The van der Waals surface area contributed by atoms with Crippen molar-refractivity contribution in [2.45, 2.75) is 17.9 Å². The lowest BCUT2D eigenvalue weighted by atomic mass is 10.1. The van der Waals surface area contributed by atoms with Crippen molar-refractivity contribution in [3.05, 3.63) is 65.2 Å². The van der Waals surface area contributed by atoms with Gasteiger partial charge < -0.3 is 5.11 Å². The number of likely N-dealkylation sites (N-methyl/N-ethyl adjacent to an activating group) is 1. The molecule has 0 spiro atoms. The molecule has 7 heteroatoms. The van der Waals surface area contributed by atoms with Crippen molar-refractivity contribution in [2.24, 2.45) is 0 Å². The predicted molar refractivity (Wildman–Crippen MR) is 82.3 cm³/mol. The number of sulfonamides is 1. The quantitative estimate of drug-likeness (QED) is 0.909. The summed E-state index contributed by atoms with van der Waals surface area (Å²) < 4.78 is 53.0. The molecule has 0 aliphatic heterocycles. The van der Waals surface area contributed by atoms with Crippen molar-refractivity contribution in [1.29, 1.82) is 0 Å². The minimum Gasteiger partial charge on any atom is -0.387 e. The fourth-order valence-electron chi connectivity index (χ4n) is 2.15. The van der Waals surface area contributed by atoms with E-state index in [9.17, 15) is 22.3 Å². The summed E-state index contributed by atoms with van der Waals surface area (Å²) in [4.78, 5) is 0.0480. The Morgan fingerprint density at radius 3 is 2.13 bits per heavy atom. The van der Waals surface area contributed by atoms with Gasteiger partial charge in [-0.15, -0.1) is 0 Å². The van der Waals surface area contributed by atoms with E-state index in [1.807, 2.05) is 6.92 Å². The summed E-state index contributed by atoms with van der Waals surface area (Å²) in [6.07, 6.45) is -1.61. The smallest absolute Gasteiger partial charge is 0.242 e. The Morgan fingerprint density at radius 1 is 1.09 bits per heavy atom. The van der Waals surface area contributed by atoms with Crippen LogP contribution in [0.1, 0.15) is 17.2 Å². The van der Waals surface area contributed by atoms with Crippen LogP contribution in [0.15, 0.2) is 47.4 Å². The molecule has 124 valence electrons. The highest BCUT2D eigenvalue weighted by atomic mass is 32.2. The molecule has 0 bridgehead atoms. The molecular weight excluding hydrogens is 324 g/mol. The number of aliphatic hydroxyl groups excluding tert-OH is 1. The fraction of sp³-hybridized carbons (Fsp3) is 0.250. The zero-order valence-corrected chi connectivity index (χ0v) is 13.5. The molecule has 0 saturated heterocycles. The molecule has 0 fully saturated rings. The highest BCUT2D eigenvalue weighted by molar-refractivity contribution is 7.89. The molecule has 4 nitrogen and oxygen atoms in total. The lowest BCUT2D eigenvalue weighted by Crippen LogP contribution is -2.31. The number of hydrogen-bond acceptors (Lipinski definition) is 3. The van der Waals surface area contributed by atoms with Crippen molar-refractivity contribution in [1.82, 2.24) is 4.31 Å². The number of aliphatic hydroxyl groups is 1. The van der Waals surface area contributed by atoms with Crippen molar-refractivity contribution in [2.75, 3.05) is 13.6 Å². The van der Waals surface area contributed by atoms with Gasteiger partial charge in [0.25, 0.3) is 0 Å². The van der Waals surface area contributed by atoms with Crippen LogP contribution in [0.2, 0.25) is 0 Å². The van der Waals surface area contributed by atoms with E-state index in [0.29, 0.717) is 0 Å². The zero-order chi connectivity index (χ0) is 17.2. The Labute approximate surface area is 134 Å². The van der Waals surface area contributed by atoms with Gasteiger partial charge in [0.2, 0.25) is 10.0 Å². The standard InChI is InChI=1S/C16H17F2NO3S/c1-11-6-8-12(9-7-11)23(21,22)19(2)10-15(20)16-13(17)4-3-5-14(16)18/h3-9,15,20H,10H2,1-2H3. The van der Waals surface area contributed by atoms with Crippen molar-refractivity contribution < 1.29 is 22.3 Å². The molecule has 2 aromatic rings. The molecule has 0 radical (unpaired) electrons. The highest BCUT2D eigenvalue weighted by Gasteiger charge is 2.26. The average Bonchev–Trinajstić information content (AvgIpc) is 2.47. The third-order valence-electron chi connectivity index (χ3n) is 3.49. The van der Waals surface area contributed by atoms with E-state index >= 15 is 0 Å². The largest absolute Gasteiger partial charge is 0.387 e. The summed E-state index contributed by atoms with van der Waals surface area (Å²) in [6, 6.07) is 9.37. The van der Waals surface area contributed by atoms with Gasteiger partial charge in [-0.25, -0.2) is 17.2 Å². The number of rotatable bonds is 5. The van der Waals surface area contributed by atoms with E-state index < -0.39 is 39.9 Å². The van der Waals surface area contributed by atoms with E-state index in [1.165, 1.54) is 25.2 Å².